The summed E-state index contributed by atoms with van der Waals surface area (Å²) in [6.45, 7) is 4.15. The molecular weight excluding hydrogens is 454 g/mol. The number of aromatic nitrogens is 3. The topological polar surface area (TPSA) is 80.6 Å². The van der Waals surface area contributed by atoms with Crippen LogP contribution in [0.5, 0.6) is 0 Å². The second-order valence-corrected chi connectivity index (χ2v) is 8.67. The van der Waals surface area contributed by atoms with Gasteiger partial charge in [-0.1, -0.05) is 54.1 Å². The van der Waals surface area contributed by atoms with Crippen LogP contribution in [0.25, 0.3) is 16.9 Å². The van der Waals surface area contributed by atoms with Crippen LogP contribution in [0.2, 0.25) is 0 Å². The molecule has 1 aliphatic rings. The lowest BCUT2D eigenvalue weighted by atomic mass is 10.1. The normalized spacial score (nSPS) is 13.5. The van der Waals surface area contributed by atoms with E-state index in [1.165, 1.54) is 0 Å². The first kappa shape index (κ1) is 23.3. The second kappa shape index (κ2) is 10.4. The maximum Gasteiger partial charge on any atom is 0.342 e. The van der Waals surface area contributed by atoms with E-state index in [0.29, 0.717) is 37.4 Å². The number of carbonyl (C=O) groups is 2. The van der Waals surface area contributed by atoms with Crippen molar-refractivity contribution in [2.24, 2.45) is 0 Å². The van der Waals surface area contributed by atoms with Crippen LogP contribution in [-0.2, 0) is 9.53 Å². The van der Waals surface area contributed by atoms with Crippen LogP contribution in [0.4, 0.5) is 5.82 Å². The van der Waals surface area contributed by atoms with Gasteiger partial charge in [0.2, 0.25) is 0 Å². The van der Waals surface area contributed by atoms with E-state index >= 15 is 0 Å². The monoisotopic (exact) mass is 481 g/mol. The van der Waals surface area contributed by atoms with Gasteiger partial charge in [0.15, 0.2) is 6.61 Å². The summed E-state index contributed by atoms with van der Waals surface area (Å²) < 4.78 is 7.14. The maximum atomic E-state index is 13.1. The van der Waals surface area contributed by atoms with Gasteiger partial charge in [-0.2, -0.15) is 5.10 Å². The number of benzene rings is 2. The number of piperazine rings is 1. The molecule has 8 nitrogen and oxygen atoms in total. The molecule has 0 spiro atoms. The molecule has 1 saturated heterocycles. The van der Waals surface area contributed by atoms with Crippen LogP contribution < -0.4 is 4.90 Å². The third kappa shape index (κ3) is 5.12. The van der Waals surface area contributed by atoms with Crippen molar-refractivity contribution < 1.29 is 14.3 Å². The summed E-state index contributed by atoms with van der Waals surface area (Å²) in [5, 5.41) is 4.66. The number of esters is 1. The van der Waals surface area contributed by atoms with E-state index in [4.69, 9.17) is 4.74 Å². The second-order valence-electron chi connectivity index (χ2n) is 8.67. The molecule has 0 aliphatic carbocycles. The molecule has 0 saturated carbocycles. The van der Waals surface area contributed by atoms with Crippen molar-refractivity contribution in [2.45, 2.75) is 6.92 Å². The van der Waals surface area contributed by atoms with Gasteiger partial charge in [0.25, 0.3) is 5.91 Å². The van der Waals surface area contributed by atoms with E-state index < -0.39 is 5.97 Å². The summed E-state index contributed by atoms with van der Waals surface area (Å²) in [7, 11) is 0. The Bertz CT molecular complexity index is 1330. The van der Waals surface area contributed by atoms with Crippen molar-refractivity contribution in [3.8, 4) is 16.9 Å². The number of nitrogens with zero attached hydrogens (tertiary/aromatic N) is 5. The predicted molar refractivity (Wildman–Crippen MR) is 137 cm³/mol. The fourth-order valence-electron chi connectivity index (χ4n) is 4.18. The highest BCUT2D eigenvalue weighted by molar-refractivity contribution is 5.97. The standard InChI is InChI=1S/C28H27N5O3/c1-21-10-12-22(13-11-21)27-24(19-33(30-27)23-7-3-2-4-8-23)28(35)36-20-26(34)32-17-15-31(16-18-32)25-9-5-6-14-29-25/h2-14,19H,15-18,20H2,1H3. The molecule has 1 aliphatic heterocycles. The fraction of sp³-hybridized carbons (Fsp3) is 0.214. The first-order valence-electron chi connectivity index (χ1n) is 11.9. The Morgan fingerprint density at radius 1 is 0.889 bits per heavy atom. The van der Waals surface area contributed by atoms with E-state index in [9.17, 15) is 9.59 Å². The van der Waals surface area contributed by atoms with Crippen LogP contribution >= 0.6 is 0 Å². The van der Waals surface area contributed by atoms with Crippen molar-refractivity contribution in [2.75, 3.05) is 37.7 Å². The fourth-order valence-corrected chi connectivity index (χ4v) is 4.18. The quantitative estimate of drug-likeness (QED) is 0.390. The molecule has 0 unspecified atom stereocenters. The Morgan fingerprint density at radius 3 is 2.31 bits per heavy atom. The molecule has 0 radical (unpaired) electrons. The number of carbonyl (C=O) groups excluding carboxylic acids is 2. The van der Waals surface area contributed by atoms with E-state index in [1.807, 2.05) is 79.7 Å². The van der Waals surface area contributed by atoms with Crippen molar-refractivity contribution in [3.05, 3.63) is 96.3 Å². The number of ether oxygens (including phenoxy) is 1. The van der Waals surface area contributed by atoms with Gasteiger partial charge in [-0.15, -0.1) is 0 Å². The number of aryl methyl sites for hydroxylation is 1. The Balaban J connectivity index is 1.27. The summed E-state index contributed by atoms with van der Waals surface area (Å²) in [5.74, 6) is 0.111. The van der Waals surface area contributed by atoms with Gasteiger partial charge in [0, 0.05) is 44.1 Å². The molecule has 5 rings (SSSR count). The minimum Gasteiger partial charge on any atom is -0.452 e. The molecule has 2 aromatic heterocycles. The van der Waals surface area contributed by atoms with Crippen LogP contribution in [0.1, 0.15) is 15.9 Å². The largest absolute Gasteiger partial charge is 0.452 e. The molecule has 0 bridgehead atoms. The average Bonchev–Trinajstić information content (AvgIpc) is 3.39. The van der Waals surface area contributed by atoms with E-state index in [-0.39, 0.29) is 12.5 Å². The molecule has 36 heavy (non-hydrogen) atoms. The minimum atomic E-state index is -0.576. The first-order chi connectivity index (χ1) is 17.6. The van der Waals surface area contributed by atoms with Crippen LogP contribution in [-0.4, -0.2) is 64.3 Å². The molecule has 1 amide bonds. The van der Waals surface area contributed by atoms with Crippen molar-refractivity contribution in [1.82, 2.24) is 19.7 Å². The van der Waals surface area contributed by atoms with E-state index in [0.717, 1.165) is 22.6 Å². The molecular formula is C28H27N5O3. The average molecular weight is 482 g/mol. The lowest BCUT2D eigenvalue weighted by Gasteiger charge is -2.35. The van der Waals surface area contributed by atoms with Gasteiger partial charge in [-0.05, 0) is 31.2 Å². The maximum absolute atomic E-state index is 13.1. The Kier molecular flexibility index (Phi) is 6.75. The number of para-hydroxylation sites is 1. The van der Waals surface area contributed by atoms with E-state index in [2.05, 4.69) is 15.0 Å². The predicted octanol–water partition coefficient (Wildman–Crippen LogP) is 3.75. The first-order valence-corrected chi connectivity index (χ1v) is 11.9. The zero-order chi connectivity index (χ0) is 24.9. The summed E-state index contributed by atoms with van der Waals surface area (Å²) in [4.78, 5) is 34.1. The molecule has 3 heterocycles. The van der Waals surface area contributed by atoms with E-state index in [1.54, 1.807) is 22.0 Å². The van der Waals surface area contributed by atoms with Gasteiger partial charge in [-0.3, -0.25) is 4.79 Å². The number of amides is 1. The lowest BCUT2D eigenvalue weighted by molar-refractivity contribution is -0.134. The number of hydrogen-bond acceptors (Lipinski definition) is 6. The van der Waals surface area contributed by atoms with Crippen molar-refractivity contribution >= 4 is 17.7 Å². The van der Waals surface area contributed by atoms with Crippen LogP contribution in [0.15, 0.2) is 85.2 Å². The van der Waals surface area contributed by atoms with Crippen molar-refractivity contribution in [1.29, 1.82) is 0 Å². The smallest absolute Gasteiger partial charge is 0.342 e. The van der Waals surface area contributed by atoms with Crippen LogP contribution in [0, 0.1) is 6.92 Å². The molecule has 1 fully saturated rings. The zero-order valence-corrected chi connectivity index (χ0v) is 20.1. The Morgan fingerprint density at radius 2 is 1.61 bits per heavy atom. The number of anilines is 1. The highest BCUT2D eigenvalue weighted by Crippen LogP contribution is 2.25. The molecule has 0 atom stereocenters. The Labute approximate surface area is 209 Å². The molecule has 4 aromatic rings. The SMILES string of the molecule is Cc1ccc(-c2nn(-c3ccccc3)cc2C(=O)OCC(=O)N2CCN(c3ccccn3)CC2)cc1. The lowest BCUT2D eigenvalue weighted by Crippen LogP contribution is -2.50. The summed E-state index contributed by atoms with van der Waals surface area (Å²) in [6, 6.07) is 23.1. The van der Waals surface area contributed by atoms with Gasteiger partial charge in [0.05, 0.1) is 5.69 Å². The zero-order valence-electron chi connectivity index (χ0n) is 20.1. The van der Waals surface area contributed by atoms with Gasteiger partial charge in [-0.25, -0.2) is 14.5 Å². The number of pyridine rings is 1. The third-order valence-corrected chi connectivity index (χ3v) is 6.21. The highest BCUT2D eigenvalue weighted by Gasteiger charge is 2.25. The van der Waals surface area contributed by atoms with Gasteiger partial charge < -0.3 is 14.5 Å². The summed E-state index contributed by atoms with van der Waals surface area (Å²) in [6.07, 6.45) is 3.42. The molecule has 0 N–H and O–H groups in total. The summed E-state index contributed by atoms with van der Waals surface area (Å²) >= 11 is 0. The minimum absolute atomic E-state index is 0.212. The van der Waals surface area contributed by atoms with Crippen molar-refractivity contribution in [3.63, 3.8) is 0 Å². The molecule has 2 aromatic carbocycles. The number of rotatable bonds is 6. The highest BCUT2D eigenvalue weighted by atomic mass is 16.5. The Hall–Kier alpha value is -4.46. The van der Waals surface area contributed by atoms with Gasteiger partial charge >= 0.3 is 5.97 Å². The third-order valence-electron chi connectivity index (χ3n) is 6.21. The van der Waals surface area contributed by atoms with Gasteiger partial charge in [0.1, 0.15) is 17.1 Å². The molecule has 8 heteroatoms. The molecule has 182 valence electrons. The van der Waals surface area contributed by atoms with Crippen LogP contribution in [0.3, 0.4) is 0 Å². The number of hydrogen-bond donors (Lipinski definition) is 0. The summed E-state index contributed by atoms with van der Waals surface area (Å²) in [5.41, 5.74) is 3.57.